The minimum Gasteiger partial charge on any atom is -0.394 e. The summed E-state index contributed by atoms with van der Waals surface area (Å²) in [5.74, 6) is -1.09. The van der Waals surface area contributed by atoms with Crippen LogP contribution in [0.25, 0.3) is 0 Å². The highest BCUT2D eigenvalue weighted by molar-refractivity contribution is 5.81. The summed E-state index contributed by atoms with van der Waals surface area (Å²) in [6.45, 7) is 4.99. The molecule has 21 heteroatoms. The first-order valence-corrected chi connectivity index (χ1v) is 20.4. The first kappa shape index (κ1) is 46.8. The molecule has 19 atom stereocenters. The summed E-state index contributed by atoms with van der Waals surface area (Å²) in [4.78, 5) is 12.9. The van der Waals surface area contributed by atoms with Gasteiger partial charge in [0.05, 0.1) is 36.5 Å². The average molecular weight is 825 g/mol. The van der Waals surface area contributed by atoms with E-state index < -0.39 is 129 Å². The monoisotopic (exact) mass is 824 g/mol. The van der Waals surface area contributed by atoms with Gasteiger partial charge in [0, 0.05) is 31.6 Å². The van der Waals surface area contributed by atoms with Gasteiger partial charge in [0.15, 0.2) is 25.0 Å². The number of piperidine rings is 1. The van der Waals surface area contributed by atoms with Crippen LogP contribution >= 0.6 is 0 Å². The predicted molar refractivity (Wildman–Crippen MR) is 199 cm³/mol. The Kier molecular flexibility index (Phi) is 17.2. The zero-order valence-electron chi connectivity index (χ0n) is 32.8. The van der Waals surface area contributed by atoms with Crippen LogP contribution in [0.1, 0.15) is 58.8 Å². The van der Waals surface area contributed by atoms with Crippen LogP contribution in [-0.2, 0) is 33.2 Å². The van der Waals surface area contributed by atoms with E-state index in [1.807, 2.05) is 6.92 Å². The number of ether oxygens (including phenoxy) is 6. The first-order valence-electron chi connectivity index (χ1n) is 20.4. The highest BCUT2D eigenvalue weighted by Crippen LogP contribution is 2.36. The predicted octanol–water partition coefficient (Wildman–Crippen LogP) is -6.10. The fraction of sp³-hybridized carbons (Fsp3) is 0.972. The average Bonchev–Trinajstić information content (AvgIpc) is 3.50. The molecule has 21 nitrogen and oxygen atoms in total. The van der Waals surface area contributed by atoms with E-state index in [4.69, 9.17) is 45.6 Å². The Hall–Kier alpha value is -1.29. The minimum absolute atomic E-state index is 0.0619. The lowest BCUT2D eigenvalue weighted by Crippen LogP contribution is -2.67. The Morgan fingerprint density at radius 1 is 0.860 bits per heavy atom. The maximum atomic E-state index is 12.9. The van der Waals surface area contributed by atoms with Crippen LogP contribution in [0.15, 0.2) is 0 Å². The number of nitrogens with two attached hydrogens (primary N) is 3. The molecule has 1 saturated carbocycles. The van der Waals surface area contributed by atoms with Gasteiger partial charge in [-0.3, -0.25) is 4.79 Å². The van der Waals surface area contributed by atoms with Crippen molar-refractivity contribution in [2.75, 3.05) is 39.3 Å². The zero-order valence-corrected chi connectivity index (χ0v) is 32.8. The summed E-state index contributed by atoms with van der Waals surface area (Å²) in [6, 6.07) is -3.30. The molecule has 332 valence electrons. The molecule has 0 spiro atoms. The number of carbonyl (C=O) groups is 1. The lowest BCUT2D eigenvalue weighted by Gasteiger charge is -2.47. The van der Waals surface area contributed by atoms with Gasteiger partial charge in [-0.15, -0.1) is 0 Å². The van der Waals surface area contributed by atoms with E-state index >= 15 is 0 Å². The Labute approximate surface area is 332 Å². The molecule has 0 radical (unpaired) electrons. The molecule has 1 aliphatic carbocycles. The lowest BCUT2D eigenvalue weighted by atomic mass is 9.83. The van der Waals surface area contributed by atoms with Crippen molar-refractivity contribution in [1.29, 1.82) is 0 Å². The second-order valence-electron chi connectivity index (χ2n) is 16.3. The number of amides is 1. The van der Waals surface area contributed by atoms with E-state index in [1.165, 1.54) is 0 Å². The number of rotatable bonds is 17. The van der Waals surface area contributed by atoms with Crippen molar-refractivity contribution in [1.82, 2.24) is 16.0 Å². The molecule has 57 heavy (non-hydrogen) atoms. The Morgan fingerprint density at radius 3 is 2.18 bits per heavy atom. The molecule has 4 aliphatic heterocycles. The molecule has 1 amide bonds. The van der Waals surface area contributed by atoms with Crippen molar-refractivity contribution < 1.29 is 74.1 Å². The highest BCUT2D eigenvalue weighted by Gasteiger charge is 2.54. The standard InChI is InChI=1S/C36H68N6O15/c1-3-16-5-6-17(13-41-15-36(51)7-9-40-10-8-36)52-33(16)55-29-18(38)11-19(42-32(50)25(46)20(44)12-37)24(45)31(29)57-35-28(49)30(22(14-43)54-35)56-34-23(39)27(48)26(47)21(4-2)53-34/h16-31,33-35,40-41,43-49,51H,3-15,37-39H2,1-2H3,(H,42,50). The topological polar surface area (TPSA) is 348 Å². The molecule has 0 bridgehead atoms. The van der Waals surface area contributed by atoms with E-state index in [2.05, 4.69) is 16.0 Å². The van der Waals surface area contributed by atoms with Crippen LogP contribution in [0.3, 0.4) is 0 Å². The fourth-order valence-corrected chi connectivity index (χ4v) is 8.43. The van der Waals surface area contributed by atoms with Gasteiger partial charge in [0.1, 0.15) is 54.9 Å². The molecular weight excluding hydrogens is 756 g/mol. The summed E-state index contributed by atoms with van der Waals surface area (Å²) in [6.07, 6.45) is -15.6. The van der Waals surface area contributed by atoms with Crippen LogP contribution in [-0.4, -0.2) is 202 Å². The SMILES string of the molecule is CCC1CCC(CNCC2(O)CCNCC2)OC1OC1C(N)CC(NC(=O)C(O)C(O)CN)C(O)C1OC1OC(CO)C(OC2OC(CC)C(O)C(O)C2N)C1O. The van der Waals surface area contributed by atoms with Gasteiger partial charge in [-0.05, 0) is 58.0 Å². The highest BCUT2D eigenvalue weighted by atomic mass is 16.8. The minimum atomic E-state index is -1.91. The molecule has 4 heterocycles. The molecule has 0 aromatic rings. The second kappa shape index (κ2) is 21.0. The number of aliphatic hydroxyl groups is 8. The maximum Gasteiger partial charge on any atom is 0.251 e. The van der Waals surface area contributed by atoms with Gasteiger partial charge in [-0.1, -0.05) is 13.8 Å². The summed E-state index contributed by atoms with van der Waals surface area (Å²) in [7, 11) is 0. The van der Waals surface area contributed by atoms with E-state index in [0.29, 0.717) is 38.8 Å². The van der Waals surface area contributed by atoms with Crippen molar-refractivity contribution in [2.24, 2.45) is 23.1 Å². The summed E-state index contributed by atoms with van der Waals surface area (Å²) in [5, 5.41) is 94.9. The molecule has 0 aromatic heterocycles. The first-order chi connectivity index (χ1) is 27.1. The normalized spacial score (nSPS) is 43.7. The number of hydrogen-bond acceptors (Lipinski definition) is 20. The lowest BCUT2D eigenvalue weighted by molar-refractivity contribution is -0.297. The van der Waals surface area contributed by atoms with Gasteiger partial charge < -0.3 is 102 Å². The Morgan fingerprint density at radius 2 is 1.53 bits per heavy atom. The van der Waals surface area contributed by atoms with Crippen molar-refractivity contribution in [3.63, 3.8) is 0 Å². The second-order valence-corrected chi connectivity index (χ2v) is 16.3. The summed E-state index contributed by atoms with van der Waals surface area (Å²) < 4.78 is 37.0. The van der Waals surface area contributed by atoms with Gasteiger partial charge in [0.2, 0.25) is 0 Å². The molecular formula is C36H68N6O15. The van der Waals surface area contributed by atoms with Gasteiger partial charge in [0.25, 0.3) is 5.91 Å². The molecule has 5 rings (SSSR count). The van der Waals surface area contributed by atoms with Crippen LogP contribution in [0, 0.1) is 5.92 Å². The maximum absolute atomic E-state index is 12.9. The van der Waals surface area contributed by atoms with E-state index in [9.17, 15) is 45.6 Å². The van der Waals surface area contributed by atoms with E-state index in [0.717, 1.165) is 25.9 Å². The third kappa shape index (κ3) is 11.2. The molecule has 5 fully saturated rings. The number of nitrogens with one attached hydrogen (secondary N) is 3. The number of aliphatic hydroxyl groups excluding tert-OH is 7. The molecule has 17 N–H and O–H groups in total. The molecule has 5 aliphatic rings. The van der Waals surface area contributed by atoms with Gasteiger partial charge in [-0.2, -0.15) is 0 Å². The van der Waals surface area contributed by atoms with Crippen LogP contribution in [0.2, 0.25) is 0 Å². The molecule has 4 saturated heterocycles. The van der Waals surface area contributed by atoms with Gasteiger partial charge in [-0.25, -0.2) is 0 Å². The van der Waals surface area contributed by atoms with Crippen molar-refractivity contribution in [3.05, 3.63) is 0 Å². The summed E-state index contributed by atoms with van der Waals surface area (Å²) >= 11 is 0. The zero-order chi connectivity index (χ0) is 41.6. The van der Waals surface area contributed by atoms with Crippen LogP contribution in [0.5, 0.6) is 0 Å². The third-order valence-corrected chi connectivity index (χ3v) is 12.2. The quantitative estimate of drug-likeness (QED) is 0.0649. The number of hydrogen-bond donors (Lipinski definition) is 14. The third-order valence-electron chi connectivity index (χ3n) is 12.2. The molecule has 19 unspecified atom stereocenters. The fourth-order valence-electron chi connectivity index (χ4n) is 8.43. The Balaban J connectivity index is 1.33. The number of carbonyl (C=O) groups excluding carboxylic acids is 1. The van der Waals surface area contributed by atoms with Crippen molar-refractivity contribution >= 4 is 5.91 Å². The smallest absolute Gasteiger partial charge is 0.251 e. The van der Waals surface area contributed by atoms with Crippen molar-refractivity contribution in [2.45, 2.75) is 175 Å². The molecule has 0 aromatic carbocycles. The van der Waals surface area contributed by atoms with Crippen LogP contribution in [0.4, 0.5) is 0 Å². The van der Waals surface area contributed by atoms with Crippen LogP contribution < -0.4 is 33.2 Å². The Bertz CT molecular complexity index is 1240. The van der Waals surface area contributed by atoms with E-state index in [-0.39, 0.29) is 18.4 Å². The van der Waals surface area contributed by atoms with E-state index in [1.54, 1.807) is 6.92 Å². The van der Waals surface area contributed by atoms with Gasteiger partial charge >= 0.3 is 0 Å². The largest absolute Gasteiger partial charge is 0.394 e. The van der Waals surface area contributed by atoms with Crippen molar-refractivity contribution in [3.8, 4) is 0 Å². The summed E-state index contributed by atoms with van der Waals surface area (Å²) in [5.41, 5.74) is 17.4.